The number of carbonyl (C=O) groups is 1. The Morgan fingerprint density at radius 1 is 1.29 bits per heavy atom. The average Bonchev–Trinajstić information content (AvgIpc) is 3.15. The molecule has 1 aliphatic rings. The highest BCUT2D eigenvalue weighted by atomic mass is 79.9. The van der Waals surface area contributed by atoms with Crippen molar-refractivity contribution >= 4 is 45.2 Å². The summed E-state index contributed by atoms with van der Waals surface area (Å²) in [4.78, 5) is 18.1. The second-order valence-corrected chi connectivity index (χ2v) is 9.02. The normalized spacial score (nSPS) is 15.3. The Labute approximate surface area is 193 Å². The molecule has 0 radical (unpaired) electrons. The number of allylic oxidation sites excluding steroid dienone is 1. The first-order valence-corrected chi connectivity index (χ1v) is 11.6. The molecule has 2 heterocycles. The van der Waals surface area contributed by atoms with E-state index in [-0.39, 0.29) is 5.91 Å². The zero-order chi connectivity index (χ0) is 22.0. The molecule has 0 spiro atoms. The standard InChI is InChI=1S/C22H22BrN5O2S/c1-4-31-22-26-21-24-13(2)18(20(29)25-15-8-6-5-7-9-15)19(28(21)27-22)16-12-14(23)10-11-17(16)30-3/h5-12,19H,4H2,1-3H3,(H,25,29)(H,24,26,27). The number of aromatic nitrogens is 3. The van der Waals surface area contributed by atoms with E-state index in [1.165, 1.54) is 0 Å². The highest BCUT2D eigenvalue weighted by Crippen LogP contribution is 2.41. The van der Waals surface area contributed by atoms with E-state index in [2.05, 4.69) is 38.5 Å². The van der Waals surface area contributed by atoms with Gasteiger partial charge in [0.2, 0.25) is 11.1 Å². The van der Waals surface area contributed by atoms with Crippen molar-refractivity contribution in [3.63, 3.8) is 0 Å². The lowest BCUT2D eigenvalue weighted by atomic mass is 9.94. The Hall–Kier alpha value is -2.78. The van der Waals surface area contributed by atoms with E-state index in [4.69, 9.17) is 9.84 Å². The van der Waals surface area contributed by atoms with Gasteiger partial charge in [0, 0.05) is 21.4 Å². The molecule has 4 rings (SSSR count). The van der Waals surface area contributed by atoms with E-state index >= 15 is 0 Å². The van der Waals surface area contributed by atoms with Crippen LogP contribution in [0.4, 0.5) is 11.6 Å². The van der Waals surface area contributed by atoms with Crippen molar-refractivity contribution in [2.24, 2.45) is 0 Å². The van der Waals surface area contributed by atoms with Crippen LogP contribution in [-0.2, 0) is 4.79 Å². The number of nitrogens with one attached hydrogen (secondary N) is 2. The Morgan fingerprint density at radius 3 is 2.77 bits per heavy atom. The fourth-order valence-electron chi connectivity index (χ4n) is 3.54. The second kappa shape index (κ2) is 9.15. The van der Waals surface area contributed by atoms with Gasteiger partial charge in [0.05, 0.1) is 12.7 Å². The predicted octanol–water partition coefficient (Wildman–Crippen LogP) is 5.09. The fourth-order valence-corrected chi connectivity index (χ4v) is 4.48. The van der Waals surface area contributed by atoms with Gasteiger partial charge in [-0.15, -0.1) is 5.10 Å². The van der Waals surface area contributed by atoms with Crippen LogP contribution in [0.25, 0.3) is 0 Å². The zero-order valence-corrected chi connectivity index (χ0v) is 19.8. The SMILES string of the molecule is CCSc1nc2n(n1)C(c1cc(Br)ccc1OC)C(C(=O)Nc1ccccc1)=C(C)N2. The van der Waals surface area contributed by atoms with Gasteiger partial charge >= 0.3 is 0 Å². The molecule has 2 N–H and O–H groups in total. The van der Waals surface area contributed by atoms with Gasteiger partial charge in [0.1, 0.15) is 11.8 Å². The van der Waals surface area contributed by atoms with Gasteiger partial charge in [-0.3, -0.25) is 4.79 Å². The van der Waals surface area contributed by atoms with Crippen molar-refractivity contribution in [1.82, 2.24) is 14.8 Å². The summed E-state index contributed by atoms with van der Waals surface area (Å²) >= 11 is 5.10. The third kappa shape index (κ3) is 4.33. The number of methoxy groups -OCH3 is 1. The van der Waals surface area contributed by atoms with Gasteiger partial charge in [-0.1, -0.05) is 52.8 Å². The number of anilines is 2. The number of fused-ring (bicyclic) bond motifs is 1. The molecule has 0 fully saturated rings. The van der Waals surface area contributed by atoms with E-state index in [1.54, 1.807) is 23.6 Å². The van der Waals surface area contributed by atoms with Crippen LogP contribution in [0.3, 0.4) is 0 Å². The number of benzene rings is 2. The molecule has 160 valence electrons. The van der Waals surface area contributed by atoms with Crippen LogP contribution < -0.4 is 15.4 Å². The maximum absolute atomic E-state index is 13.5. The van der Waals surface area contributed by atoms with E-state index in [1.807, 2.05) is 55.5 Å². The highest BCUT2D eigenvalue weighted by molar-refractivity contribution is 9.10. The van der Waals surface area contributed by atoms with Crippen LogP contribution in [0, 0.1) is 0 Å². The van der Waals surface area contributed by atoms with Crippen molar-refractivity contribution in [3.05, 3.63) is 69.8 Å². The minimum atomic E-state index is -0.508. The Morgan fingerprint density at radius 2 is 2.06 bits per heavy atom. The van der Waals surface area contributed by atoms with Gasteiger partial charge in [-0.25, -0.2) is 4.68 Å². The predicted molar refractivity (Wildman–Crippen MR) is 127 cm³/mol. The first kappa shape index (κ1) is 21.5. The first-order chi connectivity index (χ1) is 15.0. The lowest BCUT2D eigenvalue weighted by Gasteiger charge is -2.29. The first-order valence-electron chi connectivity index (χ1n) is 9.78. The number of ether oxygens (including phenoxy) is 1. The summed E-state index contributed by atoms with van der Waals surface area (Å²) in [5.41, 5.74) is 2.80. The van der Waals surface area contributed by atoms with Crippen LogP contribution >= 0.6 is 27.7 Å². The lowest BCUT2D eigenvalue weighted by molar-refractivity contribution is -0.113. The number of hydrogen-bond acceptors (Lipinski definition) is 6. The minimum Gasteiger partial charge on any atom is -0.496 e. The van der Waals surface area contributed by atoms with Crippen LogP contribution in [0.15, 0.2) is 69.4 Å². The quantitative estimate of drug-likeness (QED) is 0.459. The molecular formula is C22H22BrN5O2S. The lowest BCUT2D eigenvalue weighted by Crippen LogP contribution is -2.31. The number of halogens is 1. The summed E-state index contributed by atoms with van der Waals surface area (Å²) in [6, 6.07) is 14.6. The molecule has 1 amide bonds. The van der Waals surface area contributed by atoms with Crippen molar-refractivity contribution in [3.8, 4) is 5.75 Å². The van der Waals surface area contributed by atoms with Crippen molar-refractivity contribution in [2.45, 2.75) is 25.0 Å². The average molecular weight is 500 g/mol. The summed E-state index contributed by atoms with van der Waals surface area (Å²) < 4.78 is 8.28. The smallest absolute Gasteiger partial charge is 0.255 e. The Balaban J connectivity index is 1.85. The van der Waals surface area contributed by atoms with Gasteiger partial charge in [-0.05, 0) is 43.0 Å². The molecule has 3 aromatic rings. The molecule has 2 aromatic carbocycles. The Bertz CT molecular complexity index is 1150. The number of para-hydroxylation sites is 1. The number of rotatable bonds is 6. The summed E-state index contributed by atoms with van der Waals surface area (Å²) in [5.74, 6) is 1.90. The van der Waals surface area contributed by atoms with Crippen LogP contribution in [0.2, 0.25) is 0 Å². The molecular weight excluding hydrogens is 478 g/mol. The number of thioether (sulfide) groups is 1. The fraction of sp³-hybridized carbons (Fsp3) is 0.227. The summed E-state index contributed by atoms with van der Waals surface area (Å²) in [7, 11) is 1.62. The summed E-state index contributed by atoms with van der Waals surface area (Å²) in [6.45, 7) is 3.93. The number of hydrogen-bond donors (Lipinski definition) is 2. The third-order valence-corrected chi connectivity index (χ3v) is 6.08. The maximum Gasteiger partial charge on any atom is 0.255 e. The molecule has 7 nitrogen and oxygen atoms in total. The minimum absolute atomic E-state index is 0.214. The maximum atomic E-state index is 13.5. The summed E-state index contributed by atoms with van der Waals surface area (Å²) in [6.07, 6.45) is 0. The molecule has 1 aliphatic heterocycles. The molecule has 0 bridgehead atoms. The van der Waals surface area contributed by atoms with E-state index in [0.29, 0.717) is 28.1 Å². The second-order valence-electron chi connectivity index (χ2n) is 6.87. The molecule has 0 aliphatic carbocycles. The van der Waals surface area contributed by atoms with E-state index < -0.39 is 6.04 Å². The molecule has 1 unspecified atom stereocenters. The summed E-state index contributed by atoms with van der Waals surface area (Å²) in [5, 5.41) is 11.6. The molecule has 9 heteroatoms. The number of amides is 1. The van der Waals surface area contributed by atoms with Crippen LogP contribution in [-0.4, -0.2) is 33.5 Å². The molecule has 0 saturated heterocycles. The van der Waals surface area contributed by atoms with Crippen molar-refractivity contribution in [2.75, 3.05) is 23.5 Å². The van der Waals surface area contributed by atoms with Gasteiger partial charge in [0.15, 0.2) is 0 Å². The van der Waals surface area contributed by atoms with Gasteiger partial charge < -0.3 is 15.4 Å². The highest BCUT2D eigenvalue weighted by Gasteiger charge is 2.36. The molecule has 0 saturated carbocycles. The topological polar surface area (TPSA) is 81.1 Å². The van der Waals surface area contributed by atoms with Crippen molar-refractivity contribution in [1.29, 1.82) is 0 Å². The van der Waals surface area contributed by atoms with Crippen LogP contribution in [0.1, 0.15) is 25.5 Å². The van der Waals surface area contributed by atoms with E-state index in [0.717, 1.165) is 21.5 Å². The largest absolute Gasteiger partial charge is 0.496 e. The molecule has 1 aromatic heterocycles. The third-order valence-electron chi connectivity index (χ3n) is 4.87. The molecule has 1 atom stereocenters. The number of carbonyl (C=O) groups excluding carboxylic acids is 1. The van der Waals surface area contributed by atoms with Crippen molar-refractivity contribution < 1.29 is 9.53 Å². The van der Waals surface area contributed by atoms with Gasteiger partial charge in [-0.2, -0.15) is 4.98 Å². The van der Waals surface area contributed by atoms with Gasteiger partial charge in [0.25, 0.3) is 5.91 Å². The Kier molecular flexibility index (Phi) is 6.33. The number of nitrogens with zero attached hydrogens (tertiary/aromatic N) is 3. The monoisotopic (exact) mass is 499 g/mol. The van der Waals surface area contributed by atoms with E-state index in [9.17, 15) is 4.79 Å². The molecule has 31 heavy (non-hydrogen) atoms. The zero-order valence-electron chi connectivity index (χ0n) is 17.3. The van der Waals surface area contributed by atoms with Crippen LogP contribution in [0.5, 0.6) is 5.75 Å².